The van der Waals surface area contributed by atoms with Crippen LogP contribution >= 0.6 is 23.4 Å². The fourth-order valence-electron chi connectivity index (χ4n) is 2.41. The zero-order chi connectivity index (χ0) is 20.1. The first-order valence-electron chi connectivity index (χ1n) is 9.07. The van der Waals surface area contributed by atoms with Gasteiger partial charge in [0.15, 0.2) is 0 Å². The second-order valence-electron chi connectivity index (χ2n) is 6.78. The molecular weight excluding hydrogens is 380 g/mol. The average molecular weight is 413 g/mol. The van der Waals surface area contributed by atoms with Crippen LogP contribution in [-0.2, 0) is 0 Å². The van der Waals surface area contributed by atoms with E-state index in [-0.39, 0.29) is 5.54 Å². The number of likely N-dealkylation sites (N-methyl/N-ethyl adjacent to an activating group) is 1. The normalized spacial score (nSPS) is 19.0. The zero-order valence-corrected chi connectivity index (χ0v) is 18.4. The Kier molecular flexibility index (Phi) is 11.4. The first-order valence-corrected chi connectivity index (χ1v) is 10.4. The summed E-state index contributed by atoms with van der Waals surface area (Å²) in [5.41, 5.74) is 6.13. The number of nitrogens with two attached hydrogens (primary N) is 1. The van der Waals surface area contributed by atoms with Gasteiger partial charge in [-0.1, -0.05) is 17.8 Å². The van der Waals surface area contributed by atoms with Gasteiger partial charge in [-0.15, -0.1) is 11.6 Å². The molecule has 152 valence electrons. The van der Waals surface area contributed by atoms with E-state index in [4.69, 9.17) is 17.3 Å². The number of hydrogen-bond donors (Lipinski definition) is 2. The number of hydrogen-bond acceptors (Lipinski definition) is 7. The molecule has 0 spiro atoms. The Bertz CT molecular complexity index is 573. The molecule has 1 fully saturated rings. The minimum Gasteiger partial charge on any atom is -0.376 e. The molecule has 1 saturated heterocycles. The molecule has 0 amide bonds. The van der Waals surface area contributed by atoms with Crippen molar-refractivity contribution in [3.05, 3.63) is 35.8 Å². The molecule has 3 N–H and O–H groups in total. The second-order valence-corrected chi connectivity index (χ2v) is 8.20. The number of nitrogens with one attached hydrogen (secondary N) is 1. The predicted octanol–water partition coefficient (Wildman–Crippen LogP) is 2.85. The highest BCUT2D eigenvalue weighted by Crippen LogP contribution is 2.20. The van der Waals surface area contributed by atoms with E-state index in [1.54, 1.807) is 13.3 Å². The molecule has 0 aromatic carbocycles. The van der Waals surface area contributed by atoms with Gasteiger partial charge >= 0.3 is 0 Å². The third-order valence-corrected chi connectivity index (χ3v) is 5.41. The Labute approximate surface area is 173 Å². The maximum atomic E-state index is 6.17. The molecule has 1 aliphatic rings. The van der Waals surface area contributed by atoms with Crippen LogP contribution in [0.5, 0.6) is 0 Å². The van der Waals surface area contributed by atoms with Gasteiger partial charge in [-0.3, -0.25) is 4.99 Å². The van der Waals surface area contributed by atoms with Crippen molar-refractivity contribution in [3.63, 3.8) is 0 Å². The van der Waals surface area contributed by atoms with E-state index in [1.165, 1.54) is 11.8 Å². The maximum Gasteiger partial charge on any atom is 0.118 e. The lowest BCUT2D eigenvalue weighted by molar-refractivity contribution is 0.224. The number of alkyl halides is 1. The first kappa shape index (κ1) is 23.8. The van der Waals surface area contributed by atoms with E-state index in [9.17, 15) is 0 Å². The molecular formula is C19H33ClN6S. The van der Waals surface area contributed by atoms with Crippen LogP contribution in [0.25, 0.3) is 0 Å². The van der Waals surface area contributed by atoms with Crippen LogP contribution in [0.3, 0.4) is 0 Å². The van der Waals surface area contributed by atoms with Crippen molar-refractivity contribution in [2.45, 2.75) is 25.3 Å². The number of halogens is 1. The highest BCUT2D eigenvalue weighted by atomic mass is 35.5. The van der Waals surface area contributed by atoms with Gasteiger partial charge in [-0.25, -0.2) is 4.99 Å². The number of thioether (sulfide) groups is 1. The van der Waals surface area contributed by atoms with Crippen molar-refractivity contribution in [2.75, 3.05) is 46.7 Å². The summed E-state index contributed by atoms with van der Waals surface area (Å²) in [7, 11) is 5.63. The van der Waals surface area contributed by atoms with Crippen LogP contribution < -0.4 is 11.1 Å². The summed E-state index contributed by atoms with van der Waals surface area (Å²) in [5, 5.41) is 3.87. The number of piperidine rings is 1. The third-order valence-electron chi connectivity index (χ3n) is 4.04. The molecule has 0 bridgehead atoms. The van der Waals surface area contributed by atoms with Crippen molar-refractivity contribution in [3.8, 4) is 0 Å². The Morgan fingerprint density at radius 2 is 2.11 bits per heavy atom. The predicted molar refractivity (Wildman–Crippen MR) is 122 cm³/mol. The van der Waals surface area contributed by atoms with Gasteiger partial charge in [0.05, 0.1) is 12.1 Å². The lowest BCUT2D eigenvalue weighted by Gasteiger charge is -2.35. The van der Waals surface area contributed by atoms with E-state index in [2.05, 4.69) is 27.1 Å². The van der Waals surface area contributed by atoms with E-state index >= 15 is 0 Å². The molecule has 1 rings (SSSR count). The highest BCUT2D eigenvalue weighted by molar-refractivity contribution is 8.18. The lowest BCUT2D eigenvalue weighted by atomic mass is 9.91. The lowest BCUT2D eigenvalue weighted by Crippen LogP contribution is -2.46. The fourth-order valence-corrected chi connectivity index (χ4v) is 3.46. The molecule has 0 unspecified atom stereocenters. The van der Waals surface area contributed by atoms with Crippen molar-refractivity contribution in [1.29, 1.82) is 0 Å². The van der Waals surface area contributed by atoms with Crippen LogP contribution in [-0.4, -0.2) is 73.3 Å². The summed E-state index contributed by atoms with van der Waals surface area (Å²) >= 11 is 7.63. The van der Waals surface area contributed by atoms with Crippen molar-refractivity contribution in [1.82, 2.24) is 15.1 Å². The Hall–Kier alpha value is -1.28. The second kappa shape index (κ2) is 13.0. The topological polar surface area (TPSA) is 69.2 Å². The summed E-state index contributed by atoms with van der Waals surface area (Å²) in [4.78, 5) is 13.9. The third kappa shape index (κ3) is 10.6. The van der Waals surface area contributed by atoms with Crippen LogP contribution in [0.1, 0.15) is 19.8 Å². The zero-order valence-electron chi connectivity index (χ0n) is 16.9. The van der Waals surface area contributed by atoms with E-state index in [0.717, 1.165) is 42.4 Å². The fraction of sp³-hybridized carbons (Fsp3) is 0.579. The monoisotopic (exact) mass is 412 g/mol. The van der Waals surface area contributed by atoms with E-state index in [0.29, 0.717) is 5.88 Å². The van der Waals surface area contributed by atoms with Gasteiger partial charge in [0.2, 0.25) is 0 Å². The molecule has 6 nitrogen and oxygen atoms in total. The Balaban J connectivity index is 2.70. The van der Waals surface area contributed by atoms with Crippen LogP contribution in [0.2, 0.25) is 0 Å². The Morgan fingerprint density at radius 1 is 1.41 bits per heavy atom. The Morgan fingerprint density at radius 3 is 2.70 bits per heavy atom. The highest BCUT2D eigenvalue weighted by Gasteiger charge is 2.24. The standard InChI is InChI=1S/C19H33ClN6S/c1-19(21)6-11-26(12-7-19)13-9-24-18(15-23-3)27-17(14-20)16-25(4)10-5-8-22-2/h5,9-10,13,15-16,22H,6-8,11-12,14,21H2,1-4H3/b10-5-,13-9+,17-16-,23-15?,24-18?. The molecule has 0 aliphatic carbocycles. The van der Waals surface area contributed by atoms with Gasteiger partial charge in [0.25, 0.3) is 0 Å². The molecule has 0 radical (unpaired) electrons. The van der Waals surface area contributed by atoms with Gasteiger partial charge in [-0.2, -0.15) is 0 Å². The summed E-state index contributed by atoms with van der Waals surface area (Å²) in [5.74, 6) is 0.413. The van der Waals surface area contributed by atoms with Gasteiger partial charge in [0, 0.05) is 69.0 Å². The average Bonchev–Trinajstić information content (AvgIpc) is 2.62. The molecule has 0 saturated carbocycles. The van der Waals surface area contributed by atoms with Crippen LogP contribution in [0, 0.1) is 0 Å². The largest absolute Gasteiger partial charge is 0.376 e. The van der Waals surface area contributed by atoms with E-state index in [1.807, 2.05) is 49.9 Å². The minimum atomic E-state index is -0.0444. The summed E-state index contributed by atoms with van der Waals surface area (Å²) in [6.07, 6.45) is 13.6. The van der Waals surface area contributed by atoms with Crippen LogP contribution in [0.15, 0.2) is 45.8 Å². The summed E-state index contributed by atoms with van der Waals surface area (Å²) < 4.78 is 0. The summed E-state index contributed by atoms with van der Waals surface area (Å²) in [6, 6.07) is 0. The van der Waals surface area contributed by atoms with Crippen LogP contribution in [0.4, 0.5) is 0 Å². The minimum absolute atomic E-state index is 0.0444. The molecule has 0 aromatic rings. The SMILES string of the molecule is CN=CC(=N/C=C/N1CCC(C)(N)CC1)S/C(=C\N(C)/C=C\CNC)CCl. The quantitative estimate of drug-likeness (QED) is 0.346. The van der Waals surface area contributed by atoms with Gasteiger partial charge < -0.3 is 20.9 Å². The molecule has 1 heterocycles. The number of nitrogens with zero attached hydrogens (tertiary/aromatic N) is 4. The molecule has 1 aliphatic heterocycles. The number of allylic oxidation sites excluding steroid dienone is 1. The number of rotatable bonds is 9. The first-order chi connectivity index (χ1) is 12.9. The van der Waals surface area contributed by atoms with E-state index < -0.39 is 0 Å². The van der Waals surface area contributed by atoms with Crippen molar-refractivity contribution < 1.29 is 0 Å². The smallest absolute Gasteiger partial charge is 0.118 e. The molecule has 0 atom stereocenters. The van der Waals surface area contributed by atoms with Gasteiger partial charge in [-0.05, 0) is 26.8 Å². The molecule has 8 heteroatoms. The maximum absolute atomic E-state index is 6.17. The molecule has 27 heavy (non-hydrogen) atoms. The number of likely N-dealkylation sites (tertiary alicyclic amines) is 1. The summed E-state index contributed by atoms with van der Waals surface area (Å²) in [6.45, 7) is 4.85. The number of aliphatic imine (C=N–C) groups is 2. The molecule has 0 aromatic heterocycles. The van der Waals surface area contributed by atoms with Crippen molar-refractivity contribution in [2.24, 2.45) is 15.7 Å². The van der Waals surface area contributed by atoms with Crippen molar-refractivity contribution >= 4 is 34.6 Å². The van der Waals surface area contributed by atoms with Gasteiger partial charge in [0.1, 0.15) is 5.04 Å².